The van der Waals surface area contributed by atoms with E-state index in [1.165, 1.54) is 4.31 Å². The predicted octanol–water partition coefficient (Wildman–Crippen LogP) is 3.61. The number of hydrogen-bond acceptors (Lipinski definition) is 6. The average molecular weight is 443 g/mol. The molecule has 0 saturated heterocycles. The van der Waals surface area contributed by atoms with Crippen molar-refractivity contribution in [2.75, 3.05) is 4.31 Å². The lowest BCUT2D eigenvalue weighted by atomic mass is 9.89. The van der Waals surface area contributed by atoms with Crippen molar-refractivity contribution in [1.82, 2.24) is 4.98 Å². The maximum absolute atomic E-state index is 14.1. The number of sulfonamides is 1. The van der Waals surface area contributed by atoms with Crippen LogP contribution in [0.5, 0.6) is 0 Å². The van der Waals surface area contributed by atoms with Crippen LogP contribution in [-0.2, 0) is 21.3 Å². The number of nitriles is 1. The predicted molar refractivity (Wildman–Crippen MR) is 120 cm³/mol. The molecule has 2 aliphatic heterocycles. The summed E-state index contributed by atoms with van der Waals surface area (Å²) in [7, 11) is -4.08. The largest absolute Gasteiger partial charge is 0.439 e. The molecule has 158 valence electrons. The van der Waals surface area contributed by atoms with Gasteiger partial charge in [0.25, 0.3) is 10.0 Å². The Kier molecular flexibility index (Phi) is 4.68. The third-order valence-electron chi connectivity index (χ3n) is 5.54. The van der Waals surface area contributed by atoms with Gasteiger partial charge in [-0.05, 0) is 29.3 Å². The molecule has 2 N–H and O–H groups in total. The molecule has 7 nitrogen and oxygen atoms in total. The zero-order valence-electron chi connectivity index (χ0n) is 16.8. The minimum Gasteiger partial charge on any atom is -0.439 e. The third-order valence-corrected chi connectivity index (χ3v) is 7.43. The number of nitrogens with two attached hydrogens (primary N) is 1. The lowest BCUT2D eigenvalue weighted by molar-refractivity contribution is 0.357. The monoisotopic (exact) mass is 442 g/mol. The van der Waals surface area contributed by atoms with Crippen LogP contribution in [0.25, 0.3) is 5.76 Å². The molecule has 0 radical (unpaired) electrons. The summed E-state index contributed by atoms with van der Waals surface area (Å²) in [5.41, 5.74) is 8.61. The molecule has 3 heterocycles. The second kappa shape index (κ2) is 7.55. The molecule has 1 aromatic heterocycles. The van der Waals surface area contributed by atoms with Crippen molar-refractivity contribution in [3.8, 4) is 6.07 Å². The van der Waals surface area contributed by atoms with Crippen molar-refractivity contribution < 1.29 is 13.2 Å². The highest BCUT2D eigenvalue weighted by molar-refractivity contribution is 7.96. The number of pyridine rings is 1. The highest BCUT2D eigenvalue weighted by Crippen LogP contribution is 2.51. The van der Waals surface area contributed by atoms with Crippen LogP contribution in [0, 0.1) is 11.3 Å². The Labute approximate surface area is 185 Å². The smallest absolute Gasteiger partial charge is 0.265 e. The van der Waals surface area contributed by atoms with E-state index in [-0.39, 0.29) is 28.7 Å². The first-order chi connectivity index (χ1) is 15.5. The number of aromatic nitrogens is 1. The number of nitrogens with zero attached hydrogens (tertiary/aromatic N) is 3. The van der Waals surface area contributed by atoms with Crippen LogP contribution in [0.15, 0.2) is 95.5 Å². The molecule has 0 amide bonds. The first-order valence-corrected chi connectivity index (χ1v) is 11.3. The van der Waals surface area contributed by atoms with Crippen molar-refractivity contribution in [3.63, 3.8) is 0 Å². The van der Waals surface area contributed by atoms with Gasteiger partial charge in [0.1, 0.15) is 16.5 Å². The van der Waals surface area contributed by atoms with E-state index in [2.05, 4.69) is 4.98 Å². The zero-order valence-corrected chi connectivity index (χ0v) is 17.7. The van der Waals surface area contributed by atoms with Gasteiger partial charge in [-0.2, -0.15) is 5.26 Å². The lowest BCUT2D eigenvalue weighted by Gasteiger charge is -2.38. The number of benzene rings is 2. The molecule has 0 fully saturated rings. The molecular formula is C24H18N4O3S. The topological polar surface area (TPSA) is 109 Å². The first kappa shape index (κ1) is 19.8. The van der Waals surface area contributed by atoms with E-state index in [1.54, 1.807) is 42.7 Å². The highest BCUT2D eigenvalue weighted by Gasteiger charge is 2.47. The third kappa shape index (κ3) is 3.02. The average Bonchev–Trinajstić information content (AvgIpc) is 2.82. The van der Waals surface area contributed by atoms with E-state index >= 15 is 0 Å². The Balaban J connectivity index is 1.77. The fourth-order valence-electron chi connectivity index (χ4n) is 4.11. The number of hydrogen-bond donors (Lipinski definition) is 1. The highest BCUT2D eigenvalue weighted by atomic mass is 32.2. The van der Waals surface area contributed by atoms with Crippen molar-refractivity contribution in [1.29, 1.82) is 5.26 Å². The van der Waals surface area contributed by atoms with Gasteiger partial charge in [0.15, 0.2) is 5.76 Å². The van der Waals surface area contributed by atoms with E-state index in [0.717, 1.165) is 5.56 Å². The second-order valence-electron chi connectivity index (χ2n) is 7.42. The number of fused-ring (bicyclic) bond motifs is 2. The molecule has 2 aromatic carbocycles. The van der Waals surface area contributed by atoms with Crippen LogP contribution in [-0.4, -0.2) is 13.4 Å². The van der Waals surface area contributed by atoms with Gasteiger partial charge in [0.05, 0.1) is 18.2 Å². The van der Waals surface area contributed by atoms with E-state index in [4.69, 9.17) is 10.5 Å². The van der Waals surface area contributed by atoms with E-state index in [1.807, 2.05) is 42.5 Å². The number of allylic oxidation sites excluding steroid dienone is 2. The molecule has 0 spiro atoms. The molecule has 3 aromatic rings. The summed E-state index contributed by atoms with van der Waals surface area (Å²) in [6.45, 7) is 0.137. The minimum absolute atomic E-state index is 0.00844. The summed E-state index contributed by atoms with van der Waals surface area (Å²) in [6.07, 6.45) is 3.13. The van der Waals surface area contributed by atoms with Crippen LogP contribution >= 0.6 is 0 Å². The fraction of sp³-hybridized carbons (Fsp3) is 0.0833. The van der Waals surface area contributed by atoms with Gasteiger partial charge in [-0.3, -0.25) is 9.29 Å². The van der Waals surface area contributed by atoms with Crippen LogP contribution in [0.4, 0.5) is 5.69 Å². The van der Waals surface area contributed by atoms with Gasteiger partial charge in [-0.15, -0.1) is 0 Å². The van der Waals surface area contributed by atoms with Crippen molar-refractivity contribution in [2.24, 2.45) is 5.73 Å². The Hall–Kier alpha value is -4.09. The summed E-state index contributed by atoms with van der Waals surface area (Å²) in [5, 5.41) is 9.83. The van der Waals surface area contributed by atoms with Gasteiger partial charge in [0, 0.05) is 18.0 Å². The second-order valence-corrected chi connectivity index (χ2v) is 9.25. The summed E-state index contributed by atoms with van der Waals surface area (Å²) < 4.78 is 35.3. The molecular weight excluding hydrogens is 424 g/mol. The molecule has 0 saturated carbocycles. The molecule has 32 heavy (non-hydrogen) atoms. The van der Waals surface area contributed by atoms with Gasteiger partial charge < -0.3 is 10.5 Å². The summed E-state index contributed by atoms with van der Waals surface area (Å²) in [5.74, 6) is -0.883. The van der Waals surface area contributed by atoms with Crippen LogP contribution in [0.1, 0.15) is 22.6 Å². The Morgan fingerprint density at radius 3 is 2.53 bits per heavy atom. The van der Waals surface area contributed by atoms with E-state index < -0.39 is 15.9 Å². The molecule has 8 heteroatoms. The summed E-state index contributed by atoms with van der Waals surface area (Å²) >= 11 is 0. The summed E-state index contributed by atoms with van der Waals surface area (Å²) in [6, 6.07) is 21.9. The van der Waals surface area contributed by atoms with Crippen molar-refractivity contribution in [2.45, 2.75) is 12.5 Å². The minimum atomic E-state index is -4.08. The van der Waals surface area contributed by atoms with Crippen LogP contribution in [0.2, 0.25) is 0 Å². The number of ether oxygens (including phenoxy) is 1. The van der Waals surface area contributed by atoms with Gasteiger partial charge in [0.2, 0.25) is 5.88 Å². The first-order valence-electron chi connectivity index (χ1n) is 9.90. The van der Waals surface area contributed by atoms with Crippen LogP contribution < -0.4 is 10.0 Å². The van der Waals surface area contributed by atoms with Crippen LogP contribution in [0.3, 0.4) is 0 Å². The molecule has 0 aliphatic carbocycles. The molecule has 0 bridgehead atoms. The van der Waals surface area contributed by atoms with Crippen molar-refractivity contribution in [3.05, 3.63) is 112 Å². The maximum Gasteiger partial charge on any atom is 0.265 e. The Morgan fingerprint density at radius 2 is 1.81 bits per heavy atom. The van der Waals surface area contributed by atoms with E-state index in [9.17, 15) is 13.7 Å². The molecule has 1 atom stereocenters. The molecule has 2 aliphatic rings. The van der Waals surface area contributed by atoms with E-state index in [0.29, 0.717) is 16.8 Å². The quantitative estimate of drug-likeness (QED) is 0.664. The SMILES string of the molecule is N#CC1=C(N)OC2=C([C@H]1c1cccnc1)S(=O)(=O)N(Cc1ccccc1)c1ccccc12. The molecule has 0 unspecified atom stereocenters. The number of para-hydroxylation sites is 1. The lowest BCUT2D eigenvalue weighted by Crippen LogP contribution is -2.39. The standard InChI is InChI=1S/C24H18N4O3S/c25-13-19-21(17-9-6-12-27-14-17)23-22(31-24(19)26)18-10-4-5-11-20(18)28(32(23,29)30)15-16-7-2-1-3-8-16/h1-12,14,21H,15,26H2/t21-/m0/s1. The van der Waals surface area contributed by atoms with Gasteiger partial charge in [-0.25, -0.2) is 8.42 Å². The fourth-order valence-corrected chi connectivity index (χ4v) is 6.02. The van der Waals surface area contributed by atoms with Gasteiger partial charge >= 0.3 is 0 Å². The maximum atomic E-state index is 14.1. The molecule has 5 rings (SSSR count). The number of rotatable bonds is 3. The summed E-state index contributed by atoms with van der Waals surface area (Å²) in [4.78, 5) is 4.12. The normalized spacial score (nSPS) is 19.0. The Morgan fingerprint density at radius 1 is 1.06 bits per heavy atom. The van der Waals surface area contributed by atoms with Gasteiger partial charge in [-0.1, -0.05) is 48.5 Å². The Bertz CT molecular complexity index is 1410. The zero-order chi connectivity index (χ0) is 22.3. The van der Waals surface area contributed by atoms with Crippen molar-refractivity contribution >= 4 is 21.5 Å². The number of anilines is 1.